The highest BCUT2D eigenvalue weighted by atomic mass is 32.2. The maximum Gasteiger partial charge on any atom is 0.311 e. The zero-order chi connectivity index (χ0) is 17.3. The number of benzene rings is 1. The summed E-state index contributed by atoms with van der Waals surface area (Å²) in [5, 5.41) is 30.0. The van der Waals surface area contributed by atoms with Gasteiger partial charge >= 0.3 is 5.69 Å². The third-order valence-corrected chi connectivity index (χ3v) is 3.93. The molecule has 1 rings (SSSR count). The van der Waals surface area contributed by atoms with Gasteiger partial charge in [-0.15, -0.1) is 0 Å². The smallest absolute Gasteiger partial charge is 0.311 e. The minimum absolute atomic E-state index is 0.163. The summed E-state index contributed by atoms with van der Waals surface area (Å²) in [6.07, 6.45) is 1.93. The van der Waals surface area contributed by atoms with E-state index in [1.54, 1.807) is 26.8 Å². The minimum Gasteiger partial charge on any atom is -0.502 e. The molecule has 8 heteroatoms. The molecule has 0 fully saturated rings. The highest BCUT2D eigenvalue weighted by Gasteiger charge is 2.26. The molecule has 0 radical (unpaired) electrons. The Kier molecular flexibility index (Phi) is 4.63. The van der Waals surface area contributed by atoms with E-state index in [0.717, 1.165) is 18.4 Å². The van der Waals surface area contributed by atoms with Crippen LogP contribution in [0.25, 0.3) is 6.08 Å². The van der Waals surface area contributed by atoms with Gasteiger partial charge in [-0.1, -0.05) is 20.8 Å². The van der Waals surface area contributed by atoms with Crippen LogP contribution in [0.15, 0.2) is 17.0 Å². The van der Waals surface area contributed by atoms with Crippen molar-refractivity contribution in [2.24, 2.45) is 0 Å². The van der Waals surface area contributed by atoms with Gasteiger partial charge in [0.1, 0.15) is 11.0 Å². The number of phenolic OH excluding ortho intramolecular Hbond substituents is 1. The molecule has 7 nitrogen and oxygen atoms in total. The van der Waals surface area contributed by atoms with Crippen LogP contribution in [-0.4, -0.2) is 24.7 Å². The number of nitriles is 1. The summed E-state index contributed by atoms with van der Waals surface area (Å²) < 4.78 is 22.9. The van der Waals surface area contributed by atoms with Crippen molar-refractivity contribution in [3.63, 3.8) is 0 Å². The van der Waals surface area contributed by atoms with Crippen LogP contribution in [0.2, 0.25) is 0 Å². The highest BCUT2D eigenvalue weighted by Crippen LogP contribution is 2.39. The van der Waals surface area contributed by atoms with Gasteiger partial charge in [-0.3, -0.25) is 10.1 Å². The van der Waals surface area contributed by atoms with E-state index < -0.39 is 36.5 Å². The van der Waals surface area contributed by atoms with Crippen LogP contribution >= 0.6 is 0 Å². The zero-order valence-corrected chi connectivity index (χ0v) is 13.4. The van der Waals surface area contributed by atoms with E-state index in [-0.39, 0.29) is 5.56 Å². The molecular weight excluding hydrogens is 308 g/mol. The Hall–Kier alpha value is -2.40. The SMILES string of the molecule is CC(C)(C)c1cc(/C=C(\C#N)S(C)(=O)=O)cc([N+](=O)[O-])c1O. The molecule has 0 aromatic heterocycles. The van der Waals surface area contributed by atoms with E-state index in [1.807, 2.05) is 0 Å². The lowest BCUT2D eigenvalue weighted by molar-refractivity contribution is -0.386. The highest BCUT2D eigenvalue weighted by molar-refractivity contribution is 7.95. The van der Waals surface area contributed by atoms with E-state index in [4.69, 9.17) is 5.26 Å². The van der Waals surface area contributed by atoms with Crippen LogP contribution in [-0.2, 0) is 15.3 Å². The minimum atomic E-state index is -3.74. The molecule has 118 valence electrons. The monoisotopic (exact) mass is 324 g/mol. The van der Waals surface area contributed by atoms with Gasteiger partial charge < -0.3 is 5.11 Å². The number of hydrogen-bond acceptors (Lipinski definition) is 6. The second-order valence-electron chi connectivity index (χ2n) is 5.84. The van der Waals surface area contributed by atoms with Gasteiger partial charge in [-0.05, 0) is 23.1 Å². The summed E-state index contributed by atoms with van der Waals surface area (Å²) in [5.74, 6) is -0.465. The first-order valence-electron chi connectivity index (χ1n) is 6.21. The predicted molar refractivity (Wildman–Crippen MR) is 81.9 cm³/mol. The molecule has 0 saturated heterocycles. The average Bonchev–Trinajstić information content (AvgIpc) is 2.33. The summed E-state index contributed by atoms with van der Waals surface area (Å²) in [6.45, 7) is 5.25. The maximum atomic E-state index is 11.5. The van der Waals surface area contributed by atoms with Gasteiger partial charge in [0.15, 0.2) is 15.6 Å². The van der Waals surface area contributed by atoms with Crippen molar-refractivity contribution in [3.8, 4) is 11.8 Å². The fourth-order valence-electron chi connectivity index (χ4n) is 1.81. The largest absolute Gasteiger partial charge is 0.502 e. The fraction of sp³-hybridized carbons (Fsp3) is 0.357. The number of nitro groups is 1. The predicted octanol–water partition coefficient (Wildman–Crippen LogP) is 2.51. The molecule has 0 unspecified atom stereocenters. The number of aromatic hydroxyl groups is 1. The second-order valence-corrected chi connectivity index (χ2v) is 7.82. The summed E-state index contributed by atoms with van der Waals surface area (Å²) >= 11 is 0. The Morgan fingerprint density at radius 2 is 1.95 bits per heavy atom. The van der Waals surface area contributed by atoms with Crippen LogP contribution in [0.4, 0.5) is 5.69 Å². The average molecular weight is 324 g/mol. The third-order valence-electron chi connectivity index (χ3n) is 2.92. The quantitative estimate of drug-likeness (QED) is 0.518. The van der Waals surface area contributed by atoms with Gasteiger partial charge in [0.05, 0.1) is 4.92 Å². The molecule has 0 atom stereocenters. The number of hydrogen-bond donors (Lipinski definition) is 1. The van der Waals surface area contributed by atoms with Crippen LogP contribution in [0.1, 0.15) is 31.9 Å². The number of nitrogens with zero attached hydrogens (tertiary/aromatic N) is 2. The Morgan fingerprint density at radius 1 is 1.41 bits per heavy atom. The van der Waals surface area contributed by atoms with E-state index in [9.17, 15) is 23.6 Å². The van der Waals surface area contributed by atoms with E-state index >= 15 is 0 Å². The first-order valence-corrected chi connectivity index (χ1v) is 8.11. The third kappa shape index (κ3) is 3.83. The van der Waals surface area contributed by atoms with Crippen LogP contribution in [0, 0.1) is 21.4 Å². The molecule has 0 aliphatic heterocycles. The van der Waals surface area contributed by atoms with Gasteiger partial charge in [-0.2, -0.15) is 5.26 Å². The Morgan fingerprint density at radius 3 is 2.32 bits per heavy atom. The summed E-state index contributed by atoms with van der Waals surface area (Å²) in [5.41, 5.74) is -0.684. The Balaban J connectivity index is 3.72. The zero-order valence-electron chi connectivity index (χ0n) is 12.6. The van der Waals surface area contributed by atoms with Crippen molar-refractivity contribution in [1.82, 2.24) is 0 Å². The fourth-order valence-corrected chi connectivity index (χ4v) is 2.32. The van der Waals surface area contributed by atoms with Crippen molar-refractivity contribution in [2.75, 3.05) is 6.26 Å². The topological polar surface area (TPSA) is 121 Å². The van der Waals surface area contributed by atoms with Crippen LogP contribution in [0.3, 0.4) is 0 Å². The molecule has 0 bridgehead atoms. The van der Waals surface area contributed by atoms with E-state index in [0.29, 0.717) is 5.56 Å². The number of nitro benzene ring substituents is 1. The van der Waals surface area contributed by atoms with Crippen molar-refractivity contribution < 1.29 is 18.4 Å². The molecule has 0 aliphatic rings. The molecule has 0 aliphatic carbocycles. The van der Waals surface area contributed by atoms with E-state index in [1.165, 1.54) is 6.07 Å². The lowest BCUT2D eigenvalue weighted by Gasteiger charge is -2.20. The molecule has 1 aromatic carbocycles. The standard InChI is InChI=1S/C14H16N2O5S/c1-14(2,3)11-6-9(5-10(8-15)22(4,20)21)7-12(13(11)17)16(18)19/h5-7,17H,1-4H3/b10-5+. The lowest BCUT2D eigenvalue weighted by Crippen LogP contribution is -2.12. The lowest BCUT2D eigenvalue weighted by atomic mass is 9.85. The van der Waals surface area contributed by atoms with Crippen molar-refractivity contribution in [2.45, 2.75) is 26.2 Å². The molecule has 0 heterocycles. The van der Waals surface area contributed by atoms with Crippen LogP contribution < -0.4 is 0 Å². The molecule has 0 amide bonds. The molecule has 1 N–H and O–H groups in total. The maximum absolute atomic E-state index is 11.5. The van der Waals surface area contributed by atoms with Gasteiger partial charge in [0.2, 0.25) is 0 Å². The van der Waals surface area contributed by atoms with Gasteiger partial charge in [0, 0.05) is 17.9 Å². The number of phenols is 1. The molecule has 0 saturated carbocycles. The number of sulfone groups is 1. The van der Waals surface area contributed by atoms with E-state index in [2.05, 4.69) is 0 Å². The second kappa shape index (κ2) is 5.77. The molecule has 1 aromatic rings. The Bertz CT molecular complexity index is 796. The molecule has 0 spiro atoms. The van der Waals surface area contributed by atoms with Crippen LogP contribution in [0.5, 0.6) is 5.75 Å². The first-order chi connectivity index (χ1) is 9.87. The summed E-state index contributed by atoms with van der Waals surface area (Å²) in [4.78, 5) is 9.78. The van der Waals surface area contributed by atoms with Crippen molar-refractivity contribution in [1.29, 1.82) is 5.26 Å². The van der Waals surface area contributed by atoms with Crippen molar-refractivity contribution >= 4 is 21.6 Å². The normalized spacial score (nSPS) is 12.8. The summed E-state index contributed by atoms with van der Waals surface area (Å²) in [6, 6.07) is 4.02. The first kappa shape index (κ1) is 17.7. The molecular formula is C14H16N2O5S. The molecule has 22 heavy (non-hydrogen) atoms. The van der Waals surface area contributed by atoms with Gasteiger partial charge in [-0.25, -0.2) is 8.42 Å². The summed E-state index contributed by atoms with van der Waals surface area (Å²) in [7, 11) is -3.74. The number of allylic oxidation sites excluding steroid dienone is 1. The number of rotatable bonds is 3. The van der Waals surface area contributed by atoms with Gasteiger partial charge in [0.25, 0.3) is 0 Å². The van der Waals surface area contributed by atoms with Crippen molar-refractivity contribution in [3.05, 3.63) is 38.3 Å². The Labute approximate surface area is 128 Å².